The Balaban J connectivity index is 1.61. The standard InChI is InChI=1S/C21H25N3O4/c1-27-18-11-10-16(13-19(18)28-2)23-20(25)17-9-6-12-24(17)21(26)22-14-15-7-4-3-5-8-15/h3-5,7-8,10-11,13,17H,6,9,12,14H2,1-2H3,(H,22,26)(H,23,25)/t17-/m1/s1. The Morgan fingerprint density at radius 1 is 1.07 bits per heavy atom. The molecule has 0 aliphatic carbocycles. The molecule has 3 amide bonds. The number of urea groups is 1. The molecule has 1 aliphatic rings. The molecule has 1 heterocycles. The van der Waals surface area contributed by atoms with Crippen molar-refractivity contribution in [3.63, 3.8) is 0 Å². The summed E-state index contributed by atoms with van der Waals surface area (Å²) in [6.07, 6.45) is 1.43. The molecule has 0 bridgehead atoms. The first-order chi connectivity index (χ1) is 13.6. The Bertz CT molecular complexity index is 826. The Morgan fingerprint density at radius 2 is 1.82 bits per heavy atom. The van der Waals surface area contributed by atoms with Crippen molar-refractivity contribution in [3.05, 3.63) is 54.1 Å². The lowest BCUT2D eigenvalue weighted by molar-refractivity contribution is -0.119. The molecule has 28 heavy (non-hydrogen) atoms. The summed E-state index contributed by atoms with van der Waals surface area (Å²) in [5, 5.41) is 5.77. The topological polar surface area (TPSA) is 79.9 Å². The lowest BCUT2D eigenvalue weighted by Gasteiger charge is -2.24. The fourth-order valence-electron chi connectivity index (χ4n) is 3.30. The van der Waals surface area contributed by atoms with Crippen molar-refractivity contribution in [1.82, 2.24) is 10.2 Å². The van der Waals surface area contributed by atoms with Gasteiger partial charge in [0.05, 0.1) is 14.2 Å². The second-order valence-corrected chi connectivity index (χ2v) is 6.55. The summed E-state index contributed by atoms with van der Waals surface area (Å²) in [5.74, 6) is 0.909. The zero-order valence-corrected chi connectivity index (χ0v) is 16.1. The largest absolute Gasteiger partial charge is 0.493 e. The van der Waals surface area contributed by atoms with Crippen molar-refractivity contribution in [2.45, 2.75) is 25.4 Å². The molecule has 2 aromatic rings. The first-order valence-electron chi connectivity index (χ1n) is 9.23. The molecule has 1 fully saturated rings. The summed E-state index contributed by atoms with van der Waals surface area (Å²) in [5.41, 5.74) is 1.61. The van der Waals surface area contributed by atoms with E-state index >= 15 is 0 Å². The number of anilines is 1. The Morgan fingerprint density at radius 3 is 2.54 bits per heavy atom. The van der Waals surface area contributed by atoms with Gasteiger partial charge in [0, 0.05) is 24.8 Å². The van der Waals surface area contributed by atoms with Crippen LogP contribution >= 0.6 is 0 Å². The SMILES string of the molecule is COc1ccc(NC(=O)[C@H]2CCCN2C(=O)NCc2ccccc2)cc1OC. The summed E-state index contributed by atoms with van der Waals surface area (Å²) in [7, 11) is 3.10. The highest BCUT2D eigenvalue weighted by Crippen LogP contribution is 2.30. The maximum atomic E-state index is 12.8. The molecule has 0 radical (unpaired) electrons. The van der Waals surface area contributed by atoms with Crippen LogP contribution < -0.4 is 20.1 Å². The molecule has 0 unspecified atom stereocenters. The second kappa shape index (κ2) is 9.12. The van der Waals surface area contributed by atoms with E-state index in [1.165, 1.54) is 0 Å². The number of hydrogen-bond donors (Lipinski definition) is 2. The molecule has 1 atom stereocenters. The average molecular weight is 383 g/mol. The van der Waals surface area contributed by atoms with Gasteiger partial charge in [0.15, 0.2) is 11.5 Å². The number of hydrogen-bond acceptors (Lipinski definition) is 4. The van der Waals surface area contributed by atoms with E-state index in [-0.39, 0.29) is 11.9 Å². The van der Waals surface area contributed by atoms with Crippen LogP contribution in [0.25, 0.3) is 0 Å². The van der Waals surface area contributed by atoms with Gasteiger partial charge >= 0.3 is 6.03 Å². The third-order valence-corrected chi connectivity index (χ3v) is 4.75. The van der Waals surface area contributed by atoms with Crippen molar-refractivity contribution < 1.29 is 19.1 Å². The number of ether oxygens (including phenoxy) is 2. The van der Waals surface area contributed by atoms with Crippen LogP contribution in [0.15, 0.2) is 48.5 Å². The van der Waals surface area contributed by atoms with Crippen molar-refractivity contribution >= 4 is 17.6 Å². The first kappa shape index (κ1) is 19.5. The lowest BCUT2D eigenvalue weighted by atomic mass is 10.2. The number of rotatable bonds is 6. The summed E-state index contributed by atoms with van der Waals surface area (Å²) in [6.45, 7) is 0.991. The van der Waals surface area contributed by atoms with Crippen molar-refractivity contribution in [2.75, 3.05) is 26.1 Å². The van der Waals surface area contributed by atoms with E-state index in [2.05, 4.69) is 10.6 Å². The Labute approximate surface area is 164 Å². The quantitative estimate of drug-likeness (QED) is 0.804. The third-order valence-electron chi connectivity index (χ3n) is 4.75. The van der Waals surface area contributed by atoms with Gasteiger partial charge in [0.1, 0.15) is 6.04 Å². The van der Waals surface area contributed by atoms with Gasteiger partial charge in [0.2, 0.25) is 5.91 Å². The van der Waals surface area contributed by atoms with Crippen molar-refractivity contribution in [1.29, 1.82) is 0 Å². The van der Waals surface area contributed by atoms with Crippen LogP contribution in [0.1, 0.15) is 18.4 Å². The second-order valence-electron chi connectivity index (χ2n) is 6.55. The van der Waals surface area contributed by atoms with Crippen LogP contribution in [0, 0.1) is 0 Å². The zero-order valence-electron chi connectivity index (χ0n) is 16.1. The van der Waals surface area contributed by atoms with Crippen LogP contribution in [-0.4, -0.2) is 43.6 Å². The lowest BCUT2D eigenvalue weighted by Crippen LogP contribution is -2.47. The summed E-state index contributed by atoms with van der Waals surface area (Å²) in [6, 6.07) is 14.1. The van der Waals surface area contributed by atoms with E-state index in [4.69, 9.17) is 9.47 Å². The molecule has 0 spiro atoms. The van der Waals surface area contributed by atoms with Gasteiger partial charge < -0.3 is 25.0 Å². The molecule has 3 rings (SSSR count). The maximum Gasteiger partial charge on any atom is 0.318 e. The molecule has 2 aromatic carbocycles. The van der Waals surface area contributed by atoms with Gasteiger partial charge in [-0.05, 0) is 30.5 Å². The van der Waals surface area contributed by atoms with E-state index < -0.39 is 6.04 Å². The predicted molar refractivity (Wildman–Crippen MR) is 107 cm³/mol. The number of nitrogens with zero attached hydrogens (tertiary/aromatic N) is 1. The minimum Gasteiger partial charge on any atom is -0.493 e. The number of amides is 3. The molecule has 1 aliphatic heterocycles. The molecule has 0 saturated carbocycles. The van der Waals surface area contributed by atoms with Crippen LogP contribution in [-0.2, 0) is 11.3 Å². The fourth-order valence-corrected chi connectivity index (χ4v) is 3.30. The molecular weight excluding hydrogens is 358 g/mol. The number of carbonyl (C=O) groups is 2. The number of methoxy groups -OCH3 is 2. The molecule has 7 nitrogen and oxygen atoms in total. The molecular formula is C21H25N3O4. The van der Waals surface area contributed by atoms with Gasteiger partial charge in [-0.2, -0.15) is 0 Å². The Hall–Kier alpha value is -3.22. The number of likely N-dealkylation sites (tertiary alicyclic amines) is 1. The van der Waals surface area contributed by atoms with Crippen LogP contribution in [0.2, 0.25) is 0 Å². The summed E-state index contributed by atoms with van der Waals surface area (Å²) >= 11 is 0. The number of benzene rings is 2. The van der Waals surface area contributed by atoms with E-state index in [1.807, 2.05) is 30.3 Å². The third kappa shape index (κ3) is 4.54. The Kier molecular flexibility index (Phi) is 6.37. The number of carbonyl (C=O) groups excluding carboxylic acids is 2. The van der Waals surface area contributed by atoms with Crippen LogP contribution in [0.5, 0.6) is 11.5 Å². The fraction of sp³-hybridized carbons (Fsp3) is 0.333. The highest BCUT2D eigenvalue weighted by Gasteiger charge is 2.34. The molecule has 148 valence electrons. The predicted octanol–water partition coefficient (Wildman–Crippen LogP) is 3.02. The van der Waals surface area contributed by atoms with Gasteiger partial charge in [-0.15, -0.1) is 0 Å². The van der Waals surface area contributed by atoms with Crippen molar-refractivity contribution in [2.24, 2.45) is 0 Å². The van der Waals surface area contributed by atoms with Crippen LogP contribution in [0.4, 0.5) is 10.5 Å². The zero-order chi connectivity index (χ0) is 19.9. The van der Waals surface area contributed by atoms with Gasteiger partial charge in [-0.25, -0.2) is 4.79 Å². The van der Waals surface area contributed by atoms with Crippen LogP contribution in [0.3, 0.4) is 0 Å². The molecule has 1 saturated heterocycles. The van der Waals surface area contributed by atoms with E-state index in [1.54, 1.807) is 37.3 Å². The average Bonchev–Trinajstić information content (AvgIpc) is 3.23. The smallest absolute Gasteiger partial charge is 0.318 e. The van der Waals surface area contributed by atoms with E-state index in [0.29, 0.717) is 36.7 Å². The minimum atomic E-state index is -0.496. The number of nitrogens with one attached hydrogen (secondary N) is 2. The van der Waals surface area contributed by atoms with E-state index in [0.717, 1.165) is 12.0 Å². The molecule has 2 N–H and O–H groups in total. The molecule has 0 aromatic heterocycles. The minimum absolute atomic E-state index is 0.209. The highest BCUT2D eigenvalue weighted by molar-refractivity contribution is 5.97. The van der Waals surface area contributed by atoms with Gasteiger partial charge in [0.25, 0.3) is 0 Å². The molecule has 7 heteroatoms. The normalized spacial score (nSPS) is 15.8. The summed E-state index contributed by atoms with van der Waals surface area (Å²) < 4.78 is 10.5. The summed E-state index contributed by atoms with van der Waals surface area (Å²) in [4.78, 5) is 26.9. The van der Waals surface area contributed by atoms with Crippen molar-refractivity contribution in [3.8, 4) is 11.5 Å². The van der Waals surface area contributed by atoms with E-state index in [9.17, 15) is 9.59 Å². The highest BCUT2D eigenvalue weighted by atomic mass is 16.5. The maximum absolute atomic E-state index is 12.8. The van der Waals surface area contributed by atoms with Gasteiger partial charge in [-0.1, -0.05) is 30.3 Å². The van der Waals surface area contributed by atoms with Gasteiger partial charge in [-0.3, -0.25) is 4.79 Å². The first-order valence-corrected chi connectivity index (χ1v) is 9.23. The monoisotopic (exact) mass is 383 g/mol.